The number of halogens is 1. The van der Waals surface area contributed by atoms with Crippen molar-refractivity contribution in [2.24, 2.45) is 11.8 Å². The first-order valence-corrected chi connectivity index (χ1v) is 8.20. The van der Waals surface area contributed by atoms with E-state index in [0.717, 1.165) is 18.2 Å². The summed E-state index contributed by atoms with van der Waals surface area (Å²) in [5.41, 5.74) is -1.17. The molecule has 128 valence electrons. The summed E-state index contributed by atoms with van der Waals surface area (Å²) < 4.78 is 39.8. The van der Waals surface area contributed by atoms with Gasteiger partial charge < -0.3 is 5.11 Å². The van der Waals surface area contributed by atoms with Gasteiger partial charge in [-0.15, -0.1) is 0 Å². The van der Waals surface area contributed by atoms with Gasteiger partial charge in [0.25, 0.3) is 0 Å². The number of hydrogen-bond donors (Lipinski definition) is 2. The molecule has 0 aliphatic carbocycles. The van der Waals surface area contributed by atoms with Gasteiger partial charge in [0.15, 0.2) is 4.90 Å². The fraction of sp³-hybridized carbons (Fsp3) is 0.462. The topological polar surface area (TPSA) is 127 Å². The van der Waals surface area contributed by atoms with E-state index in [1.807, 2.05) is 4.72 Å². The van der Waals surface area contributed by atoms with E-state index in [1.54, 1.807) is 13.8 Å². The molecule has 0 saturated heterocycles. The molecule has 0 radical (unpaired) electrons. The van der Waals surface area contributed by atoms with E-state index in [9.17, 15) is 27.7 Å². The van der Waals surface area contributed by atoms with E-state index in [-0.39, 0.29) is 12.3 Å². The van der Waals surface area contributed by atoms with Gasteiger partial charge in [-0.3, -0.25) is 14.9 Å². The molecule has 0 saturated carbocycles. The van der Waals surface area contributed by atoms with Crippen LogP contribution in [0.15, 0.2) is 23.1 Å². The maximum atomic E-state index is 13.5. The maximum Gasteiger partial charge on any atom is 0.324 e. The molecule has 2 N–H and O–H groups in total. The largest absolute Gasteiger partial charge is 0.481 e. The molecule has 1 atom stereocenters. The van der Waals surface area contributed by atoms with E-state index in [0.29, 0.717) is 0 Å². The first kappa shape index (κ1) is 19.0. The van der Waals surface area contributed by atoms with Gasteiger partial charge in [-0.05, 0) is 24.5 Å². The van der Waals surface area contributed by atoms with Crippen molar-refractivity contribution < 1.29 is 27.6 Å². The predicted octanol–water partition coefficient (Wildman–Crippen LogP) is 1.76. The molecule has 0 bridgehead atoms. The summed E-state index contributed by atoms with van der Waals surface area (Å²) in [7, 11) is -4.42. The SMILES string of the molecule is CC(C)CC(CNS(=O)(=O)c1cccc(F)c1[N+](=O)[O-])C(=O)O. The maximum absolute atomic E-state index is 13.5. The number of rotatable bonds is 8. The zero-order chi connectivity index (χ0) is 17.8. The second-order valence-electron chi connectivity index (χ2n) is 5.36. The number of nitro groups is 1. The lowest BCUT2D eigenvalue weighted by Crippen LogP contribution is -2.34. The number of nitrogens with zero attached hydrogens (tertiary/aromatic N) is 1. The molecule has 1 rings (SSSR count). The summed E-state index contributed by atoms with van der Waals surface area (Å²) in [4.78, 5) is 20.0. The number of aliphatic carboxylic acids is 1. The summed E-state index contributed by atoms with van der Waals surface area (Å²) in [5, 5.41) is 19.9. The predicted molar refractivity (Wildman–Crippen MR) is 78.8 cm³/mol. The van der Waals surface area contributed by atoms with Gasteiger partial charge in [0.2, 0.25) is 15.8 Å². The number of sulfonamides is 1. The number of hydrogen-bond acceptors (Lipinski definition) is 5. The smallest absolute Gasteiger partial charge is 0.324 e. The summed E-state index contributed by atoms with van der Waals surface area (Å²) in [6.45, 7) is 3.12. The zero-order valence-corrected chi connectivity index (χ0v) is 13.3. The Morgan fingerprint density at radius 1 is 1.43 bits per heavy atom. The van der Waals surface area contributed by atoms with Crippen LogP contribution in [0.2, 0.25) is 0 Å². The minimum Gasteiger partial charge on any atom is -0.481 e. The van der Waals surface area contributed by atoms with Crippen LogP contribution in [0.1, 0.15) is 20.3 Å². The molecule has 8 nitrogen and oxygen atoms in total. The molecular weight excluding hydrogens is 331 g/mol. The van der Waals surface area contributed by atoms with Crippen molar-refractivity contribution in [1.82, 2.24) is 4.72 Å². The molecule has 0 fully saturated rings. The molecule has 0 spiro atoms. The van der Waals surface area contributed by atoms with Crippen molar-refractivity contribution in [1.29, 1.82) is 0 Å². The molecule has 0 aliphatic rings. The third kappa shape index (κ3) is 4.96. The van der Waals surface area contributed by atoms with Crippen molar-refractivity contribution in [2.45, 2.75) is 25.2 Å². The Morgan fingerprint density at radius 2 is 2.04 bits per heavy atom. The standard InChI is InChI=1S/C13H17FN2O6S/c1-8(2)6-9(13(17)18)7-15-23(21,22)11-5-3-4-10(14)12(11)16(19)20/h3-5,8-9,15H,6-7H2,1-2H3,(H,17,18). The van der Waals surface area contributed by atoms with Crippen LogP contribution in [0.5, 0.6) is 0 Å². The Balaban J connectivity index is 3.07. The highest BCUT2D eigenvalue weighted by molar-refractivity contribution is 7.89. The van der Waals surface area contributed by atoms with Gasteiger partial charge in [-0.2, -0.15) is 4.39 Å². The van der Waals surface area contributed by atoms with E-state index >= 15 is 0 Å². The molecule has 1 aromatic rings. The van der Waals surface area contributed by atoms with E-state index < -0.39 is 49.8 Å². The molecule has 1 aromatic carbocycles. The highest BCUT2D eigenvalue weighted by Crippen LogP contribution is 2.26. The minimum atomic E-state index is -4.42. The monoisotopic (exact) mass is 348 g/mol. The third-order valence-corrected chi connectivity index (χ3v) is 4.50. The fourth-order valence-electron chi connectivity index (χ4n) is 2.02. The Hall–Kier alpha value is -2.07. The molecular formula is C13H17FN2O6S. The Morgan fingerprint density at radius 3 is 2.52 bits per heavy atom. The lowest BCUT2D eigenvalue weighted by molar-refractivity contribution is -0.390. The first-order chi connectivity index (χ1) is 10.6. The number of nitro benzene ring substituents is 1. The Bertz CT molecular complexity index is 704. The van der Waals surface area contributed by atoms with Crippen molar-refractivity contribution in [3.63, 3.8) is 0 Å². The van der Waals surface area contributed by atoms with Crippen LogP contribution in [-0.2, 0) is 14.8 Å². The van der Waals surface area contributed by atoms with Crippen LogP contribution >= 0.6 is 0 Å². The zero-order valence-electron chi connectivity index (χ0n) is 12.5. The molecule has 0 heterocycles. The van der Waals surface area contributed by atoms with E-state index in [2.05, 4.69) is 0 Å². The molecule has 1 unspecified atom stereocenters. The van der Waals surface area contributed by atoms with Crippen molar-refractivity contribution in [3.8, 4) is 0 Å². The third-order valence-electron chi connectivity index (χ3n) is 3.05. The molecule has 0 amide bonds. The number of carboxylic acids is 1. The van der Waals surface area contributed by atoms with Crippen LogP contribution in [0.3, 0.4) is 0 Å². The fourth-order valence-corrected chi connectivity index (χ4v) is 3.28. The lowest BCUT2D eigenvalue weighted by Gasteiger charge is -2.15. The normalized spacial score (nSPS) is 13.0. The van der Waals surface area contributed by atoms with Gasteiger partial charge in [0.05, 0.1) is 10.8 Å². The van der Waals surface area contributed by atoms with Gasteiger partial charge >= 0.3 is 11.7 Å². The Labute approximate surface area is 132 Å². The van der Waals surface area contributed by atoms with Crippen molar-refractivity contribution in [3.05, 3.63) is 34.1 Å². The van der Waals surface area contributed by atoms with E-state index in [1.165, 1.54) is 0 Å². The highest BCUT2D eigenvalue weighted by atomic mass is 32.2. The number of para-hydroxylation sites is 1. The number of carboxylic acid groups (broad SMARTS) is 1. The van der Waals surface area contributed by atoms with Gasteiger partial charge in [-0.1, -0.05) is 19.9 Å². The molecule has 10 heteroatoms. The summed E-state index contributed by atoms with van der Waals surface area (Å²) in [6, 6.07) is 2.69. The van der Waals surface area contributed by atoms with Crippen LogP contribution in [0.4, 0.5) is 10.1 Å². The summed E-state index contributed by atoms with van der Waals surface area (Å²) >= 11 is 0. The molecule has 23 heavy (non-hydrogen) atoms. The average molecular weight is 348 g/mol. The van der Waals surface area contributed by atoms with Crippen LogP contribution in [-0.4, -0.2) is 31.0 Å². The van der Waals surface area contributed by atoms with Crippen LogP contribution in [0, 0.1) is 27.8 Å². The number of carbonyl (C=O) groups is 1. The van der Waals surface area contributed by atoms with E-state index in [4.69, 9.17) is 5.11 Å². The van der Waals surface area contributed by atoms with Crippen molar-refractivity contribution in [2.75, 3.05) is 6.54 Å². The summed E-state index contributed by atoms with van der Waals surface area (Å²) in [5.74, 6) is -3.44. The highest BCUT2D eigenvalue weighted by Gasteiger charge is 2.30. The lowest BCUT2D eigenvalue weighted by atomic mass is 9.98. The molecule has 0 aliphatic heterocycles. The minimum absolute atomic E-state index is 0.0177. The van der Waals surface area contributed by atoms with Crippen LogP contribution < -0.4 is 4.72 Å². The number of benzene rings is 1. The second kappa shape index (κ2) is 7.47. The first-order valence-electron chi connectivity index (χ1n) is 6.71. The number of nitrogens with one attached hydrogen (secondary N) is 1. The van der Waals surface area contributed by atoms with Gasteiger partial charge in [0, 0.05) is 6.54 Å². The molecule has 0 aromatic heterocycles. The van der Waals surface area contributed by atoms with Crippen molar-refractivity contribution >= 4 is 21.7 Å². The second-order valence-corrected chi connectivity index (χ2v) is 7.10. The van der Waals surface area contributed by atoms with Gasteiger partial charge in [0.1, 0.15) is 0 Å². The quantitative estimate of drug-likeness (QED) is 0.544. The van der Waals surface area contributed by atoms with Crippen LogP contribution in [0.25, 0.3) is 0 Å². The Kier molecular flexibility index (Phi) is 6.16. The average Bonchev–Trinajstić information content (AvgIpc) is 2.42. The summed E-state index contributed by atoms with van der Waals surface area (Å²) in [6.07, 6.45) is 0.225. The van der Waals surface area contributed by atoms with Gasteiger partial charge in [-0.25, -0.2) is 13.1 Å².